The summed E-state index contributed by atoms with van der Waals surface area (Å²) in [4.78, 5) is 16.0. The first-order valence-electron chi connectivity index (χ1n) is 5.65. The highest BCUT2D eigenvalue weighted by atomic mass is 32.1. The number of allylic oxidation sites excluding steroid dienone is 3. The smallest absolute Gasteiger partial charge is 0.433 e. The van der Waals surface area contributed by atoms with Gasteiger partial charge in [0.25, 0.3) is 0 Å². The molecule has 0 heterocycles. The number of rotatable bonds is 5. The number of aliphatic imine (C=N–C) groups is 1. The molecule has 0 saturated heterocycles. The van der Waals surface area contributed by atoms with Crippen LogP contribution in [0.5, 0.6) is 0 Å². The van der Waals surface area contributed by atoms with E-state index in [0.29, 0.717) is 23.1 Å². The molecule has 0 aromatic rings. The average molecular weight is 255 g/mol. The van der Waals surface area contributed by atoms with Crippen molar-refractivity contribution in [2.75, 3.05) is 6.61 Å². The Labute approximate surface area is 109 Å². The summed E-state index contributed by atoms with van der Waals surface area (Å²) >= 11 is 4.28. The quantitative estimate of drug-likeness (QED) is 0.460. The predicted molar refractivity (Wildman–Crippen MR) is 75.7 cm³/mol. The van der Waals surface area contributed by atoms with E-state index in [1.807, 2.05) is 27.7 Å². The van der Waals surface area contributed by atoms with Gasteiger partial charge in [0.2, 0.25) is 0 Å². The molecule has 0 fully saturated rings. The fourth-order valence-electron chi connectivity index (χ4n) is 1.05. The van der Waals surface area contributed by atoms with Crippen LogP contribution in [0.4, 0.5) is 4.79 Å². The van der Waals surface area contributed by atoms with E-state index in [2.05, 4.69) is 24.2 Å². The Bertz CT molecular complexity index is 330. The maximum absolute atomic E-state index is 11.5. The summed E-state index contributed by atoms with van der Waals surface area (Å²) in [7, 11) is 0. The lowest BCUT2D eigenvalue weighted by Gasteiger charge is -2.10. The molecule has 0 N–H and O–H groups in total. The molecule has 0 spiro atoms. The van der Waals surface area contributed by atoms with Gasteiger partial charge >= 0.3 is 6.09 Å². The molecule has 0 saturated carbocycles. The first-order chi connectivity index (χ1) is 7.88. The number of carbonyl (C=O) groups excluding carboxylic acids is 1. The summed E-state index contributed by atoms with van der Waals surface area (Å²) < 4.78 is 5.00. The van der Waals surface area contributed by atoms with Gasteiger partial charge in [-0.3, -0.25) is 0 Å². The van der Waals surface area contributed by atoms with E-state index in [0.717, 1.165) is 0 Å². The van der Waals surface area contributed by atoms with Crippen molar-refractivity contribution in [2.24, 2.45) is 16.8 Å². The van der Waals surface area contributed by atoms with Crippen LogP contribution >= 0.6 is 12.6 Å². The third-order valence-electron chi connectivity index (χ3n) is 1.84. The molecule has 0 aromatic carbocycles. The Morgan fingerprint density at radius 1 is 1.41 bits per heavy atom. The average Bonchev–Trinajstić information content (AvgIpc) is 2.22. The minimum Gasteiger partial charge on any atom is -0.448 e. The summed E-state index contributed by atoms with van der Waals surface area (Å²) in [5, 5.41) is 0. The molecule has 0 aliphatic carbocycles. The number of hydrogen-bond donors (Lipinski definition) is 1. The predicted octanol–water partition coefficient (Wildman–Crippen LogP) is 3.88. The fourth-order valence-corrected chi connectivity index (χ4v) is 1.46. The van der Waals surface area contributed by atoms with E-state index in [4.69, 9.17) is 4.74 Å². The van der Waals surface area contributed by atoms with Crippen LogP contribution in [0.1, 0.15) is 27.7 Å². The molecule has 96 valence electrons. The van der Waals surface area contributed by atoms with Crippen LogP contribution in [-0.4, -0.2) is 18.4 Å². The zero-order chi connectivity index (χ0) is 13.4. The van der Waals surface area contributed by atoms with Crippen molar-refractivity contribution in [3.05, 3.63) is 23.6 Å². The molecule has 4 heteroatoms. The maximum atomic E-state index is 11.5. The van der Waals surface area contributed by atoms with Crippen LogP contribution in [0.3, 0.4) is 0 Å². The zero-order valence-electron chi connectivity index (χ0n) is 10.9. The second-order valence-electron chi connectivity index (χ2n) is 4.41. The minimum absolute atomic E-state index is 0.102. The maximum Gasteiger partial charge on any atom is 0.433 e. The van der Waals surface area contributed by atoms with Gasteiger partial charge in [0, 0.05) is 4.91 Å². The lowest BCUT2D eigenvalue weighted by atomic mass is 10.1. The number of ether oxygens (including phenoxy) is 1. The summed E-state index contributed by atoms with van der Waals surface area (Å²) in [5.74, 6) is 0.404. The highest BCUT2D eigenvalue weighted by Crippen LogP contribution is 2.13. The number of amides is 1. The molecule has 0 bridgehead atoms. The largest absolute Gasteiger partial charge is 0.448 e. The molecule has 0 radical (unpaired) electrons. The van der Waals surface area contributed by atoms with Crippen molar-refractivity contribution in [1.82, 2.24) is 0 Å². The molecular weight excluding hydrogens is 234 g/mol. The van der Waals surface area contributed by atoms with Crippen LogP contribution in [0.25, 0.3) is 0 Å². The summed E-state index contributed by atoms with van der Waals surface area (Å²) in [6.07, 6.45) is 2.75. The molecule has 3 nitrogen and oxygen atoms in total. The van der Waals surface area contributed by atoms with Crippen molar-refractivity contribution in [3.8, 4) is 0 Å². The van der Waals surface area contributed by atoms with Crippen LogP contribution in [0.2, 0.25) is 0 Å². The van der Waals surface area contributed by atoms with Crippen molar-refractivity contribution in [3.63, 3.8) is 0 Å². The van der Waals surface area contributed by atoms with Gasteiger partial charge in [-0.15, -0.1) is 12.6 Å². The van der Waals surface area contributed by atoms with Crippen LogP contribution in [-0.2, 0) is 4.74 Å². The van der Waals surface area contributed by atoms with Crippen molar-refractivity contribution < 1.29 is 9.53 Å². The van der Waals surface area contributed by atoms with Crippen LogP contribution in [0.15, 0.2) is 28.6 Å². The lowest BCUT2D eigenvalue weighted by molar-refractivity contribution is 0.143. The second-order valence-corrected chi connectivity index (χ2v) is 4.89. The second kappa shape index (κ2) is 8.12. The van der Waals surface area contributed by atoms with Gasteiger partial charge in [-0.25, -0.2) is 4.79 Å². The van der Waals surface area contributed by atoms with Crippen LogP contribution in [0, 0.1) is 11.8 Å². The van der Waals surface area contributed by atoms with E-state index in [1.54, 1.807) is 12.2 Å². The van der Waals surface area contributed by atoms with Gasteiger partial charge in [0.05, 0.1) is 12.3 Å². The summed E-state index contributed by atoms with van der Waals surface area (Å²) in [6, 6.07) is 0. The first-order valence-corrected chi connectivity index (χ1v) is 6.10. The van der Waals surface area contributed by atoms with E-state index < -0.39 is 6.09 Å². The van der Waals surface area contributed by atoms with Crippen molar-refractivity contribution >= 4 is 24.4 Å². The minimum atomic E-state index is -0.564. The fraction of sp³-hybridized carbons (Fsp3) is 0.538. The molecule has 0 aromatic heterocycles. The Kier molecular flexibility index (Phi) is 7.63. The highest BCUT2D eigenvalue weighted by molar-refractivity contribution is 7.85. The normalized spacial score (nSPS) is 13.1. The first kappa shape index (κ1) is 16.0. The van der Waals surface area contributed by atoms with Crippen molar-refractivity contribution in [2.45, 2.75) is 27.7 Å². The van der Waals surface area contributed by atoms with Crippen LogP contribution < -0.4 is 0 Å². The van der Waals surface area contributed by atoms with Gasteiger partial charge in [0.1, 0.15) is 0 Å². The highest BCUT2D eigenvalue weighted by Gasteiger charge is 2.11. The van der Waals surface area contributed by atoms with Gasteiger partial charge in [0.15, 0.2) is 0 Å². The summed E-state index contributed by atoms with van der Waals surface area (Å²) in [6.45, 7) is 11.8. The monoisotopic (exact) mass is 255 g/mol. The Morgan fingerprint density at radius 2 is 2.00 bits per heavy atom. The molecule has 0 rings (SSSR count). The molecular formula is C13H21NO2S. The number of carbonyl (C=O) groups is 1. The molecule has 0 atom stereocenters. The number of nitrogens with zero attached hydrogens (tertiary/aromatic N) is 1. The van der Waals surface area contributed by atoms with Gasteiger partial charge < -0.3 is 4.74 Å². The molecule has 0 aliphatic heterocycles. The third-order valence-corrected chi connectivity index (χ3v) is 2.22. The van der Waals surface area contributed by atoms with Crippen molar-refractivity contribution in [1.29, 1.82) is 0 Å². The van der Waals surface area contributed by atoms with E-state index >= 15 is 0 Å². The third kappa shape index (κ3) is 7.00. The Balaban J connectivity index is 4.76. The summed E-state index contributed by atoms with van der Waals surface area (Å²) in [5.41, 5.74) is 0.613. The molecule has 1 amide bonds. The van der Waals surface area contributed by atoms with E-state index in [1.165, 1.54) is 0 Å². The molecule has 17 heavy (non-hydrogen) atoms. The standard InChI is InChI=1S/C13H21NO2S/c1-6-7-11(17)12(10(4)5)14-13(15)16-8-9(2)3/h6-7,9-10,17H,1,8H2,2-5H3/b11-7-,14-12-. The molecule has 0 aliphatic rings. The SMILES string of the molecule is C=C/C=C(S)/C(=N\C(=O)OCC(C)C)C(C)C. The number of hydrogen-bond acceptors (Lipinski definition) is 3. The molecule has 0 unspecified atom stereocenters. The topological polar surface area (TPSA) is 38.7 Å². The lowest BCUT2D eigenvalue weighted by Crippen LogP contribution is -2.13. The van der Waals surface area contributed by atoms with E-state index in [-0.39, 0.29) is 5.92 Å². The van der Waals surface area contributed by atoms with Gasteiger partial charge in [-0.05, 0) is 17.9 Å². The van der Waals surface area contributed by atoms with E-state index in [9.17, 15) is 4.79 Å². The Morgan fingerprint density at radius 3 is 2.41 bits per heavy atom. The van der Waals surface area contributed by atoms with Gasteiger partial charge in [-0.1, -0.05) is 40.3 Å². The van der Waals surface area contributed by atoms with Gasteiger partial charge in [-0.2, -0.15) is 4.99 Å². The Hall–Kier alpha value is -1.03. The number of thiol groups is 1. The zero-order valence-corrected chi connectivity index (χ0v) is 11.8.